The van der Waals surface area contributed by atoms with E-state index in [0.717, 1.165) is 0 Å². The van der Waals surface area contributed by atoms with Gasteiger partial charge in [0.1, 0.15) is 17.6 Å². The molecular weight excluding hydrogens is 344 g/mol. The number of halogens is 1. The Morgan fingerprint density at radius 2 is 2.28 bits per heavy atom. The number of urea groups is 1. The minimum atomic E-state index is -0.385. The van der Waals surface area contributed by atoms with Gasteiger partial charge in [0, 0.05) is 24.0 Å². The van der Waals surface area contributed by atoms with Crippen LogP contribution >= 0.6 is 11.6 Å². The summed E-state index contributed by atoms with van der Waals surface area (Å²) in [5.41, 5.74) is 0.487. The maximum Gasteiger partial charge on any atom is 0.319 e. The van der Waals surface area contributed by atoms with Crippen LogP contribution in [0.5, 0.6) is 5.75 Å². The second kappa shape index (κ2) is 7.76. The molecule has 0 fully saturated rings. The minimum absolute atomic E-state index is 0.253. The van der Waals surface area contributed by atoms with Crippen molar-refractivity contribution in [2.45, 2.75) is 6.04 Å². The topological polar surface area (TPSA) is 81.3 Å². The predicted molar refractivity (Wildman–Crippen MR) is 94.1 cm³/mol. The fourth-order valence-electron chi connectivity index (χ4n) is 2.40. The van der Waals surface area contributed by atoms with Crippen molar-refractivity contribution in [3.05, 3.63) is 65.8 Å². The van der Waals surface area contributed by atoms with Gasteiger partial charge in [0.15, 0.2) is 0 Å². The molecule has 0 aliphatic rings. The van der Waals surface area contributed by atoms with Crippen molar-refractivity contribution < 1.29 is 13.9 Å². The van der Waals surface area contributed by atoms with E-state index in [1.807, 2.05) is 18.3 Å². The third-order valence-corrected chi connectivity index (χ3v) is 3.82. The van der Waals surface area contributed by atoms with Gasteiger partial charge >= 0.3 is 6.03 Å². The van der Waals surface area contributed by atoms with Crippen LogP contribution < -0.4 is 15.4 Å². The fraction of sp³-hybridized carbons (Fsp3) is 0.176. The summed E-state index contributed by atoms with van der Waals surface area (Å²) in [6.45, 7) is 0.296. The number of carbonyl (C=O) groups excluding carboxylic acids is 1. The van der Waals surface area contributed by atoms with Crippen LogP contribution in [-0.4, -0.2) is 29.5 Å². The minimum Gasteiger partial charge on any atom is -0.495 e. The molecule has 0 bridgehead atoms. The van der Waals surface area contributed by atoms with E-state index in [4.69, 9.17) is 20.8 Å². The van der Waals surface area contributed by atoms with Gasteiger partial charge in [-0.25, -0.2) is 4.79 Å². The lowest BCUT2D eigenvalue weighted by Gasteiger charge is -2.17. The summed E-state index contributed by atoms with van der Waals surface area (Å²) in [5.74, 6) is 1.22. The molecule has 3 aromatic rings. The van der Waals surface area contributed by atoms with Crippen molar-refractivity contribution in [1.29, 1.82) is 0 Å². The van der Waals surface area contributed by atoms with Crippen LogP contribution in [0.1, 0.15) is 11.8 Å². The zero-order chi connectivity index (χ0) is 17.6. The molecule has 25 heavy (non-hydrogen) atoms. The molecule has 0 saturated heterocycles. The summed E-state index contributed by atoms with van der Waals surface area (Å²) in [4.78, 5) is 12.3. The van der Waals surface area contributed by atoms with Crippen LogP contribution in [0.2, 0.25) is 5.02 Å². The van der Waals surface area contributed by atoms with Crippen molar-refractivity contribution in [3.63, 3.8) is 0 Å². The molecule has 2 N–H and O–H groups in total. The number of nitrogens with zero attached hydrogens (tertiary/aromatic N) is 2. The quantitative estimate of drug-likeness (QED) is 0.704. The lowest BCUT2D eigenvalue weighted by Crippen LogP contribution is -2.34. The van der Waals surface area contributed by atoms with E-state index < -0.39 is 0 Å². The third kappa shape index (κ3) is 4.13. The highest BCUT2D eigenvalue weighted by molar-refractivity contribution is 6.31. The van der Waals surface area contributed by atoms with Gasteiger partial charge in [0.05, 0.1) is 19.1 Å². The number of furan rings is 1. The van der Waals surface area contributed by atoms with Crippen LogP contribution in [0.4, 0.5) is 10.5 Å². The molecule has 7 nitrogen and oxygen atoms in total. The molecule has 0 radical (unpaired) electrons. The number of nitrogens with one attached hydrogen (secondary N) is 2. The van der Waals surface area contributed by atoms with Gasteiger partial charge in [-0.2, -0.15) is 5.10 Å². The van der Waals surface area contributed by atoms with Crippen LogP contribution in [-0.2, 0) is 0 Å². The standard InChI is InChI=1S/C17H17ClN4O3/c1-24-15-6-5-12(18)10-13(15)21-17(23)19-11-14(16-4-2-9-25-16)22-8-3-7-20-22/h2-10,14H,11H2,1H3,(H2,19,21,23). The van der Waals surface area contributed by atoms with Gasteiger partial charge < -0.3 is 19.8 Å². The molecule has 2 amide bonds. The van der Waals surface area contributed by atoms with Crippen LogP contribution in [0, 0.1) is 0 Å². The first-order valence-corrected chi connectivity index (χ1v) is 7.96. The van der Waals surface area contributed by atoms with Crippen LogP contribution in [0.15, 0.2) is 59.5 Å². The molecule has 2 aromatic heterocycles. The molecule has 1 unspecified atom stereocenters. The van der Waals surface area contributed by atoms with E-state index in [1.54, 1.807) is 41.4 Å². The first-order chi connectivity index (χ1) is 12.2. The van der Waals surface area contributed by atoms with Crippen molar-refractivity contribution in [3.8, 4) is 5.75 Å². The number of rotatable bonds is 6. The van der Waals surface area contributed by atoms with Crippen molar-refractivity contribution in [1.82, 2.24) is 15.1 Å². The highest BCUT2D eigenvalue weighted by Crippen LogP contribution is 2.27. The summed E-state index contributed by atoms with van der Waals surface area (Å²) in [6, 6.07) is 9.81. The smallest absolute Gasteiger partial charge is 0.319 e. The molecule has 0 spiro atoms. The van der Waals surface area contributed by atoms with E-state index in [9.17, 15) is 4.79 Å². The Bertz CT molecular complexity index is 784. The van der Waals surface area contributed by atoms with E-state index in [0.29, 0.717) is 28.8 Å². The second-order valence-corrected chi connectivity index (χ2v) is 5.63. The van der Waals surface area contributed by atoms with Crippen molar-refractivity contribution in [2.24, 2.45) is 0 Å². The van der Waals surface area contributed by atoms with Crippen LogP contribution in [0.3, 0.4) is 0 Å². The molecule has 0 saturated carbocycles. The Labute approximate surface area is 149 Å². The Hall–Kier alpha value is -2.93. The number of methoxy groups -OCH3 is 1. The van der Waals surface area contributed by atoms with Gasteiger partial charge in [-0.05, 0) is 36.4 Å². The Balaban J connectivity index is 1.67. The Morgan fingerprint density at radius 3 is 2.96 bits per heavy atom. The maximum absolute atomic E-state index is 12.3. The summed E-state index contributed by atoms with van der Waals surface area (Å²) in [7, 11) is 1.52. The number of ether oxygens (including phenoxy) is 1. The number of amides is 2. The second-order valence-electron chi connectivity index (χ2n) is 5.20. The summed E-state index contributed by atoms with van der Waals surface area (Å²) < 4.78 is 12.4. The van der Waals surface area contributed by atoms with E-state index >= 15 is 0 Å². The first-order valence-electron chi connectivity index (χ1n) is 7.58. The number of aromatic nitrogens is 2. The third-order valence-electron chi connectivity index (χ3n) is 3.58. The predicted octanol–water partition coefficient (Wildman–Crippen LogP) is 3.55. The Morgan fingerprint density at radius 1 is 1.40 bits per heavy atom. The molecule has 130 valence electrons. The number of anilines is 1. The largest absolute Gasteiger partial charge is 0.495 e. The average Bonchev–Trinajstić information content (AvgIpc) is 3.29. The number of hydrogen-bond acceptors (Lipinski definition) is 4. The molecular formula is C17H17ClN4O3. The summed E-state index contributed by atoms with van der Waals surface area (Å²) in [6.07, 6.45) is 5.07. The molecule has 8 heteroatoms. The average molecular weight is 361 g/mol. The molecule has 1 atom stereocenters. The lowest BCUT2D eigenvalue weighted by atomic mass is 10.2. The van der Waals surface area contributed by atoms with Gasteiger partial charge in [-0.15, -0.1) is 0 Å². The first kappa shape index (κ1) is 16.9. The highest BCUT2D eigenvalue weighted by atomic mass is 35.5. The van der Waals surface area contributed by atoms with E-state index in [1.165, 1.54) is 7.11 Å². The summed E-state index contributed by atoms with van der Waals surface area (Å²) in [5, 5.41) is 10.3. The SMILES string of the molecule is COc1ccc(Cl)cc1NC(=O)NCC(c1ccco1)n1cccn1. The van der Waals surface area contributed by atoms with Crippen LogP contribution in [0.25, 0.3) is 0 Å². The van der Waals surface area contributed by atoms with Gasteiger partial charge in [0.25, 0.3) is 0 Å². The summed E-state index contributed by atoms with van der Waals surface area (Å²) >= 11 is 5.97. The normalized spacial score (nSPS) is 11.8. The number of benzene rings is 1. The number of carbonyl (C=O) groups is 1. The van der Waals surface area contributed by atoms with Gasteiger partial charge in [-0.3, -0.25) is 4.68 Å². The zero-order valence-electron chi connectivity index (χ0n) is 13.5. The highest BCUT2D eigenvalue weighted by Gasteiger charge is 2.18. The monoisotopic (exact) mass is 360 g/mol. The van der Waals surface area contributed by atoms with Gasteiger partial charge in [0.2, 0.25) is 0 Å². The van der Waals surface area contributed by atoms with Gasteiger partial charge in [-0.1, -0.05) is 11.6 Å². The van der Waals surface area contributed by atoms with Crippen molar-refractivity contribution >= 4 is 23.3 Å². The number of hydrogen-bond donors (Lipinski definition) is 2. The zero-order valence-corrected chi connectivity index (χ0v) is 14.2. The van der Waals surface area contributed by atoms with Crippen molar-refractivity contribution in [2.75, 3.05) is 19.0 Å². The molecule has 1 aromatic carbocycles. The maximum atomic E-state index is 12.3. The Kier molecular flexibility index (Phi) is 5.25. The van der Waals surface area contributed by atoms with E-state index in [-0.39, 0.29) is 12.1 Å². The lowest BCUT2D eigenvalue weighted by molar-refractivity contribution is 0.249. The molecule has 0 aliphatic carbocycles. The molecule has 2 heterocycles. The molecule has 0 aliphatic heterocycles. The fourth-order valence-corrected chi connectivity index (χ4v) is 2.58. The molecule has 3 rings (SSSR count). The van der Waals surface area contributed by atoms with E-state index in [2.05, 4.69) is 15.7 Å².